The van der Waals surface area contributed by atoms with Crippen molar-refractivity contribution in [3.8, 4) is 0 Å². The average molecular weight is 183 g/mol. The van der Waals surface area contributed by atoms with Gasteiger partial charge in [0.05, 0.1) is 6.54 Å². The Morgan fingerprint density at radius 1 is 1.38 bits per heavy atom. The molecule has 13 heavy (non-hydrogen) atoms. The molecule has 3 heteroatoms. The van der Waals surface area contributed by atoms with Gasteiger partial charge >= 0.3 is 0 Å². The van der Waals surface area contributed by atoms with Gasteiger partial charge in [-0.3, -0.25) is 0 Å². The average Bonchev–Trinajstić information content (AvgIpc) is 2.59. The van der Waals surface area contributed by atoms with Crippen LogP contribution in [0.15, 0.2) is 18.7 Å². The third-order valence-corrected chi connectivity index (χ3v) is 1.96. The third-order valence-electron chi connectivity index (χ3n) is 1.96. The number of unbranched alkanes of at least 4 members (excludes halogenated alkanes) is 1. The summed E-state index contributed by atoms with van der Waals surface area (Å²) in [7, 11) is 0. The molecular weight excluding hydrogens is 164 g/mol. The Morgan fingerprint density at radius 2 is 2.23 bits per heavy atom. The van der Waals surface area contributed by atoms with Crippen LogP contribution >= 0.6 is 0 Å². The Kier molecular flexibility index (Phi) is 4.54. The number of rotatable bonds is 6. The first-order chi connectivity index (χ1) is 6.36. The minimum absolute atomic E-state index is 0.662. The van der Waals surface area contributed by atoms with Gasteiger partial charge in [-0.2, -0.15) is 0 Å². The predicted molar refractivity (Wildman–Crippen MR) is 51.2 cm³/mol. The van der Waals surface area contributed by atoms with Gasteiger partial charge in [0.25, 0.3) is 0 Å². The van der Waals surface area contributed by atoms with Crippen LogP contribution in [-0.4, -0.2) is 11.2 Å². The first-order valence-electron chi connectivity index (χ1n) is 4.99. The first kappa shape index (κ1) is 10.3. The summed E-state index contributed by atoms with van der Waals surface area (Å²) in [6.45, 7) is 6.75. The van der Waals surface area contributed by atoms with Crippen molar-refractivity contribution in [3.05, 3.63) is 18.7 Å². The Morgan fingerprint density at radius 3 is 2.92 bits per heavy atom. The van der Waals surface area contributed by atoms with E-state index in [-0.39, 0.29) is 0 Å². The molecule has 0 saturated carbocycles. The Hall–Kier alpha value is -0.830. The lowest BCUT2D eigenvalue weighted by Gasteiger charge is -1.95. The van der Waals surface area contributed by atoms with Gasteiger partial charge in [0.1, 0.15) is 12.4 Å². The largest absolute Gasteiger partial charge is 0.342 e. The monoisotopic (exact) mass is 183 g/mol. The summed E-state index contributed by atoms with van der Waals surface area (Å²) in [5.41, 5.74) is 0. The SMILES string of the molecule is CCCCn1cc[n+](COCC)c1. The molecule has 0 bridgehead atoms. The van der Waals surface area contributed by atoms with Crippen LogP contribution < -0.4 is 4.57 Å². The molecule has 0 aliphatic heterocycles. The number of aryl methyl sites for hydroxylation is 1. The van der Waals surface area contributed by atoms with E-state index < -0.39 is 0 Å². The summed E-state index contributed by atoms with van der Waals surface area (Å²) in [5.74, 6) is 0. The number of hydrogen-bond donors (Lipinski definition) is 0. The van der Waals surface area contributed by atoms with Crippen molar-refractivity contribution in [2.24, 2.45) is 0 Å². The minimum Gasteiger partial charge on any atom is -0.342 e. The number of imidazole rings is 1. The minimum atomic E-state index is 0.662. The van der Waals surface area contributed by atoms with E-state index in [1.807, 2.05) is 13.1 Å². The second kappa shape index (κ2) is 5.75. The maximum atomic E-state index is 5.29. The normalized spacial score (nSPS) is 10.6. The molecule has 74 valence electrons. The van der Waals surface area contributed by atoms with Gasteiger partial charge < -0.3 is 4.74 Å². The number of aromatic nitrogens is 2. The Labute approximate surface area is 79.9 Å². The standard InChI is InChI=1S/C10H19N2O/c1-3-5-6-11-7-8-12(9-11)10-13-4-2/h7-9H,3-6,10H2,1-2H3/q+1. The van der Waals surface area contributed by atoms with Gasteiger partial charge in [-0.15, -0.1) is 0 Å². The fourth-order valence-electron chi connectivity index (χ4n) is 1.18. The van der Waals surface area contributed by atoms with Crippen molar-refractivity contribution in [3.63, 3.8) is 0 Å². The van der Waals surface area contributed by atoms with Gasteiger partial charge in [0.15, 0.2) is 6.73 Å². The highest BCUT2D eigenvalue weighted by atomic mass is 16.5. The van der Waals surface area contributed by atoms with Crippen LogP contribution in [0, 0.1) is 0 Å². The second-order valence-electron chi connectivity index (χ2n) is 3.14. The fourth-order valence-corrected chi connectivity index (χ4v) is 1.18. The zero-order valence-electron chi connectivity index (χ0n) is 8.57. The van der Waals surface area contributed by atoms with Crippen molar-refractivity contribution in [2.75, 3.05) is 6.61 Å². The van der Waals surface area contributed by atoms with Crippen molar-refractivity contribution < 1.29 is 9.30 Å². The summed E-state index contributed by atoms with van der Waals surface area (Å²) >= 11 is 0. The highest BCUT2D eigenvalue weighted by Gasteiger charge is 2.01. The quantitative estimate of drug-likeness (QED) is 0.612. The summed E-state index contributed by atoms with van der Waals surface area (Å²) < 4.78 is 9.54. The van der Waals surface area contributed by atoms with Crippen LogP contribution in [-0.2, 0) is 18.0 Å². The number of hydrogen-bond acceptors (Lipinski definition) is 1. The first-order valence-corrected chi connectivity index (χ1v) is 4.99. The highest BCUT2D eigenvalue weighted by molar-refractivity contribution is 4.65. The molecule has 0 aromatic carbocycles. The van der Waals surface area contributed by atoms with E-state index >= 15 is 0 Å². The van der Waals surface area contributed by atoms with E-state index in [2.05, 4.69) is 28.6 Å². The Balaban J connectivity index is 2.34. The molecule has 1 aromatic heterocycles. The number of nitrogens with zero attached hydrogens (tertiary/aromatic N) is 2. The molecule has 3 nitrogen and oxygen atoms in total. The van der Waals surface area contributed by atoms with E-state index in [0.29, 0.717) is 6.73 Å². The zero-order chi connectivity index (χ0) is 9.52. The molecular formula is C10H19N2O+. The van der Waals surface area contributed by atoms with Gasteiger partial charge in [0, 0.05) is 6.61 Å². The lowest BCUT2D eigenvalue weighted by atomic mass is 10.3. The maximum absolute atomic E-state index is 5.29. The third kappa shape index (κ3) is 3.59. The topological polar surface area (TPSA) is 18.0 Å². The molecule has 1 heterocycles. The lowest BCUT2D eigenvalue weighted by Crippen LogP contribution is -2.32. The van der Waals surface area contributed by atoms with E-state index in [1.165, 1.54) is 12.8 Å². The number of ether oxygens (including phenoxy) is 1. The van der Waals surface area contributed by atoms with Crippen LogP contribution in [0.1, 0.15) is 26.7 Å². The molecule has 0 unspecified atom stereocenters. The van der Waals surface area contributed by atoms with Crippen LogP contribution in [0.2, 0.25) is 0 Å². The Bertz CT molecular complexity index is 210. The summed E-state index contributed by atoms with van der Waals surface area (Å²) in [5, 5.41) is 0. The van der Waals surface area contributed by atoms with Crippen LogP contribution in [0.5, 0.6) is 0 Å². The molecule has 0 fully saturated rings. The molecule has 1 rings (SSSR count). The molecule has 0 N–H and O–H groups in total. The van der Waals surface area contributed by atoms with E-state index in [1.54, 1.807) is 0 Å². The highest BCUT2D eigenvalue weighted by Crippen LogP contribution is 1.92. The van der Waals surface area contributed by atoms with Crippen LogP contribution in [0.25, 0.3) is 0 Å². The predicted octanol–water partition coefficient (Wildman–Crippen LogP) is 1.57. The van der Waals surface area contributed by atoms with E-state index in [9.17, 15) is 0 Å². The second-order valence-corrected chi connectivity index (χ2v) is 3.14. The van der Waals surface area contributed by atoms with Gasteiger partial charge in [0.2, 0.25) is 6.33 Å². The van der Waals surface area contributed by atoms with Gasteiger partial charge in [-0.25, -0.2) is 9.13 Å². The molecule has 0 radical (unpaired) electrons. The van der Waals surface area contributed by atoms with Crippen LogP contribution in [0.4, 0.5) is 0 Å². The molecule has 0 spiro atoms. The van der Waals surface area contributed by atoms with Crippen molar-refractivity contribution >= 4 is 0 Å². The van der Waals surface area contributed by atoms with E-state index in [0.717, 1.165) is 13.2 Å². The molecule has 0 aliphatic carbocycles. The molecule has 0 atom stereocenters. The molecule has 0 aliphatic rings. The summed E-state index contributed by atoms with van der Waals surface area (Å²) in [6, 6.07) is 0. The van der Waals surface area contributed by atoms with Crippen molar-refractivity contribution in [1.82, 2.24) is 4.57 Å². The molecule has 0 saturated heterocycles. The maximum Gasteiger partial charge on any atom is 0.245 e. The lowest BCUT2D eigenvalue weighted by molar-refractivity contribution is -0.732. The summed E-state index contributed by atoms with van der Waals surface area (Å²) in [4.78, 5) is 0. The molecule has 0 amide bonds. The van der Waals surface area contributed by atoms with Gasteiger partial charge in [-0.05, 0) is 13.3 Å². The molecule has 1 aromatic rings. The summed E-state index contributed by atoms with van der Waals surface area (Å²) in [6.07, 6.45) is 8.71. The van der Waals surface area contributed by atoms with Crippen molar-refractivity contribution in [1.29, 1.82) is 0 Å². The fraction of sp³-hybridized carbons (Fsp3) is 0.700. The van der Waals surface area contributed by atoms with Crippen molar-refractivity contribution in [2.45, 2.75) is 40.0 Å². The van der Waals surface area contributed by atoms with Gasteiger partial charge in [-0.1, -0.05) is 13.3 Å². The van der Waals surface area contributed by atoms with E-state index in [4.69, 9.17) is 4.74 Å². The zero-order valence-corrected chi connectivity index (χ0v) is 8.57. The van der Waals surface area contributed by atoms with Crippen LogP contribution in [0.3, 0.4) is 0 Å². The smallest absolute Gasteiger partial charge is 0.245 e.